The molecular formula is C14H23N3O. The van der Waals surface area contributed by atoms with Gasteiger partial charge in [0.15, 0.2) is 5.82 Å². The second-order valence-corrected chi connectivity index (χ2v) is 4.70. The van der Waals surface area contributed by atoms with Gasteiger partial charge in [-0.3, -0.25) is 0 Å². The molecule has 4 heteroatoms. The van der Waals surface area contributed by atoms with Crippen LogP contribution < -0.4 is 5.73 Å². The zero-order chi connectivity index (χ0) is 13.0. The van der Waals surface area contributed by atoms with E-state index in [0.717, 1.165) is 55.9 Å². The Morgan fingerprint density at radius 1 is 1.22 bits per heavy atom. The van der Waals surface area contributed by atoms with Gasteiger partial charge in [0.1, 0.15) is 6.10 Å². The van der Waals surface area contributed by atoms with Crippen molar-refractivity contribution in [2.75, 3.05) is 13.2 Å². The largest absolute Gasteiger partial charge is 0.370 e. The second-order valence-electron chi connectivity index (χ2n) is 4.70. The number of nitrogens with two attached hydrogens (primary N) is 1. The molecule has 2 N–H and O–H groups in total. The van der Waals surface area contributed by atoms with Crippen molar-refractivity contribution in [1.29, 1.82) is 0 Å². The van der Waals surface area contributed by atoms with Gasteiger partial charge in [0.25, 0.3) is 0 Å². The number of aryl methyl sites for hydroxylation is 2. The zero-order valence-electron chi connectivity index (χ0n) is 11.4. The van der Waals surface area contributed by atoms with Crippen molar-refractivity contribution in [3.63, 3.8) is 0 Å². The zero-order valence-corrected chi connectivity index (χ0v) is 11.4. The number of hydrogen-bond acceptors (Lipinski definition) is 4. The Labute approximate surface area is 109 Å². The standard InChI is InChI=1S/C14H23N3O/c1-3-11-10(7-8-15)12(4-2)17-14(16-11)13-6-5-9-18-13/h13H,3-9,15H2,1-2H3. The van der Waals surface area contributed by atoms with Gasteiger partial charge >= 0.3 is 0 Å². The molecule has 0 bridgehead atoms. The van der Waals surface area contributed by atoms with Crippen LogP contribution in [0.25, 0.3) is 0 Å². The third-order valence-corrected chi connectivity index (χ3v) is 3.48. The van der Waals surface area contributed by atoms with E-state index in [4.69, 9.17) is 20.4 Å². The van der Waals surface area contributed by atoms with Crippen LogP contribution in [0.2, 0.25) is 0 Å². The molecule has 0 aromatic carbocycles. The number of nitrogens with zero attached hydrogens (tertiary/aromatic N) is 2. The van der Waals surface area contributed by atoms with Crippen LogP contribution in [0.5, 0.6) is 0 Å². The van der Waals surface area contributed by atoms with Crippen LogP contribution >= 0.6 is 0 Å². The van der Waals surface area contributed by atoms with E-state index in [0.29, 0.717) is 6.54 Å². The van der Waals surface area contributed by atoms with Crippen LogP contribution in [-0.2, 0) is 24.0 Å². The highest BCUT2D eigenvalue weighted by Crippen LogP contribution is 2.27. The Morgan fingerprint density at radius 3 is 2.33 bits per heavy atom. The first-order valence-electron chi connectivity index (χ1n) is 7.00. The summed E-state index contributed by atoms with van der Waals surface area (Å²) in [7, 11) is 0. The molecule has 1 fully saturated rings. The Hall–Kier alpha value is -1.00. The highest BCUT2D eigenvalue weighted by Gasteiger charge is 2.22. The second kappa shape index (κ2) is 6.25. The van der Waals surface area contributed by atoms with Gasteiger partial charge in [0.05, 0.1) is 0 Å². The van der Waals surface area contributed by atoms with Gasteiger partial charge in [-0.05, 0) is 44.2 Å². The van der Waals surface area contributed by atoms with Crippen LogP contribution in [0, 0.1) is 0 Å². The number of hydrogen-bond donors (Lipinski definition) is 1. The highest BCUT2D eigenvalue weighted by molar-refractivity contribution is 5.27. The van der Waals surface area contributed by atoms with Gasteiger partial charge in [-0.1, -0.05) is 13.8 Å². The van der Waals surface area contributed by atoms with E-state index in [2.05, 4.69) is 13.8 Å². The van der Waals surface area contributed by atoms with E-state index in [-0.39, 0.29) is 6.10 Å². The quantitative estimate of drug-likeness (QED) is 0.866. The van der Waals surface area contributed by atoms with E-state index in [1.165, 1.54) is 5.56 Å². The molecule has 1 aromatic rings. The van der Waals surface area contributed by atoms with Crippen molar-refractivity contribution >= 4 is 0 Å². The van der Waals surface area contributed by atoms with E-state index in [9.17, 15) is 0 Å². The lowest BCUT2D eigenvalue weighted by molar-refractivity contribution is 0.104. The van der Waals surface area contributed by atoms with E-state index in [1.807, 2.05) is 0 Å². The summed E-state index contributed by atoms with van der Waals surface area (Å²) in [5.41, 5.74) is 9.24. The molecule has 0 amide bonds. The molecule has 1 unspecified atom stereocenters. The molecule has 1 aliphatic rings. The first-order valence-corrected chi connectivity index (χ1v) is 7.00. The third-order valence-electron chi connectivity index (χ3n) is 3.48. The number of rotatable bonds is 5. The average Bonchev–Trinajstić information content (AvgIpc) is 2.93. The summed E-state index contributed by atoms with van der Waals surface area (Å²) in [5, 5.41) is 0. The lowest BCUT2D eigenvalue weighted by atomic mass is 10.0. The summed E-state index contributed by atoms with van der Waals surface area (Å²) < 4.78 is 5.69. The molecule has 1 aliphatic heterocycles. The lowest BCUT2D eigenvalue weighted by Crippen LogP contribution is -2.15. The van der Waals surface area contributed by atoms with Crippen molar-refractivity contribution in [1.82, 2.24) is 9.97 Å². The summed E-state index contributed by atoms with van der Waals surface area (Å²) >= 11 is 0. The van der Waals surface area contributed by atoms with Gasteiger partial charge < -0.3 is 10.5 Å². The summed E-state index contributed by atoms with van der Waals surface area (Å²) in [4.78, 5) is 9.42. The van der Waals surface area contributed by atoms with Crippen LogP contribution in [-0.4, -0.2) is 23.1 Å². The number of aromatic nitrogens is 2. The minimum absolute atomic E-state index is 0.104. The van der Waals surface area contributed by atoms with Crippen molar-refractivity contribution in [2.24, 2.45) is 5.73 Å². The molecule has 1 saturated heterocycles. The van der Waals surface area contributed by atoms with Crippen LogP contribution in [0.4, 0.5) is 0 Å². The third kappa shape index (κ3) is 2.70. The first-order chi connectivity index (χ1) is 8.80. The minimum atomic E-state index is 0.104. The number of ether oxygens (including phenoxy) is 1. The molecule has 18 heavy (non-hydrogen) atoms. The predicted octanol–water partition coefficient (Wildman–Crippen LogP) is 1.95. The Bertz CT molecular complexity index is 375. The van der Waals surface area contributed by atoms with Crippen LogP contribution in [0.1, 0.15) is 55.6 Å². The fourth-order valence-corrected chi connectivity index (χ4v) is 2.55. The average molecular weight is 249 g/mol. The molecule has 0 spiro atoms. The van der Waals surface area contributed by atoms with Crippen molar-refractivity contribution in [3.05, 3.63) is 22.8 Å². The Balaban J connectivity index is 2.37. The van der Waals surface area contributed by atoms with E-state index >= 15 is 0 Å². The molecule has 2 rings (SSSR count). The maximum absolute atomic E-state index is 5.69. The molecule has 100 valence electrons. The minimum Gasteiger partial charge on any atom is -0.370 e. The van der Waals surface area contributed by atoms with E-state index < -0.39 is 0 Å². The smallest absolute Gasteiger partial charge is 0.157 e. The van der Waals surface area contributed by atoms with Gasteiger partial charge in [-0.25, -0.2) is 9.97 Å². The van der Waals surface area contributed by atoms with Gasteiger partial charge in [0.2, 0.25) is 0 Å². The molecule has 0 saturated carbocycles. The summed E-state index contributed by atoms with van der Waals surface area (Å²) in [5.74, 6) is 0.877. The molecule has 4 nitrogen and oxygen atoms in total. The fraction of sp³-hybridized carbons (Fsp3) is 0.714. The summed E-state index contributed by atoms with van der Waals surface area (Å²) in [6.07, 6.45) is 5.00. The normalized spacial score (nSPS) is 19.4. The molecule has 2 heterocycles. The molecule has 1 atom stereocenters. The van der Waals surface area contributed by atoms with Gasteiger partial charge in [-0.2, -0.15) is 0 Å². The van der Waals surface area contributed by atoms with Crippen LogP contribution in [0.3, 0.4) is 0 Å². The fourth-order valence-electron chi connectivity index (χ4n) is 2.55. The molecule has 0 aliphatic carbocycles. The molecular weight excluding hydrogens is 226 g/mol. The predicted molar refractivity (Wildman–Crippen MR) is 71.5 cm³/mol. The van der Waals surface area contributed by atoms with Gasteiger partial charge in [-0.15, -0.1) is 0 Å². The Morgan fingerprint density at radius 2 is 1.89 bits per heavy atom. The molecule has 1 aromatic heterocycles. The Kier molecular flexibility index (Phi) is 4.66. The maximum Gasteiger partial charge on any atom is 0.157 e. The molecule has 0 radical (unpaired) electrons. The van der Waals surface area contributed by atoms with Crippen molar-refractivity contribution in [3.8, 4) is 0 Å². The van der Waals surface area contributed by atoms with E-state index in [1.54, 1.807) is 0 Å². The summed E-state index contributed by atoms with van der Waals surface area (Å²) in [6.45, 7) is 5.77. The topological polar surface area (TPSA) is 61.0 Å². The first kappa shape index (κ1) is 13.4. The van der Waals surface area contributed by atoms with Crippen molar-refractivity contribution < 1.29 is 4.74 Å². The SMILES string of the molecule is CCc1nc(C2CCCO2)nc(CC)c1CCN. The van der Waals surface area contributed by atoms with Gasteiger partial charge in [0, 0.05) is 18.0 Å². The summed E-state index contributed by atoms with van der Waals surface area (Å²) in [6, 6.07) is 0. The maximum atomic E-state index is 5.69. The highest BCUT2D eigenvalue weighted by atomic mass is 16.5. The van der Waals surface area contributed by atoms with Crippen LogP contribution in [0.15, 0.2) is 0 Å². The lowest BCUT2D eigenvalue weighted by Gasteiger charge is -2.16. The monoisotopic (exact) mass is 249 g/mol. The van der Waals surface area contributed by atoms with Crippen molar-refractivity contribution in [2.45, 2.75) is 52.1 Å².